The zero-order valence-electron chi connectivity index (χ0n) is 40.9. The fourth-order valence-electron chi connectivity index (χ4n) is 9.06. The lowest BCUT2D eigenvalue weighted by molar-refractivity contribution is 0.0218. The third kappa shape index (κ3) is 9.39. The summed E-state index contributed by atoms with van der Waals surface area (Å²) in [6.45, 7) is 22.8. The molecule has 0 spiro atoms. The van der Waals surface area contributed by atoms with Gasteiger partial charge in [0, 0.05) is 63.1 Å². The van der Waals surface area contributed by atoms with Gasteiger partial charge < -0.3 is 29.2 Å². The molecule has 6 aromatic heterocycles. The number of aromatic amines is 1. The number of fused-ring (bicyclic) bond motifs is 2. The van der Waals surface area contributed by atoms with Gasteiger partial charge in [-0.15, -0.1) is 0 Å². The normalized spacial score (nSPS) is 16.7. The number of carbonyl (C=O) groups excluding carboxylic acids is 1. The zero-order chi connectivity index (χ0) is 49.5. The fourth-order valence-corrected chi connectivity index (χ4v) is 9.06. The van der Waals surface area contributed by atoms with Crippen molar-refractivity contribution in [1.29, 1.82) is 0 Å². The van der Waals surface area contributed by atoms with Crippen molar-refractivity contribution >= 4 is 39.5 Å². The van der Waals surface area contributed by atoms with Gasteiger partial charge in [0.2, 0.25) is 11.6 Å². The summed E-state index contributed by atoms with van der Waals surface area (Å²) >= 11 is 0. The van der Waals surface area contributed by atoms with Crippen LogP contribution in [0, 0.1) is 25.5 Å². The van der Waals surface area contributed by atoms with Crippen molar-refractivity contribution in [3.05, 3.63) is 102 Å². The van der Waals surface area contributed by atoms with E-state index in [1.807, 2.05) is 79.0 Å². The number of hydrogen-bond acceptors (Lipinski definition) is 13. The largest absolute Gasteiger partial charge is 0.479 e. The Morgan fingerprint density at radius 1 is 0.765 bits per heavy atom. The van der Waals surface area contributed by atoms with Crippen LogP contribution in [0.15, 0.2) is 51.3 Å². The van der Waals surface area contributed by atoms with Crippen LogP contribution in [0.4, 0.5) is 25.2 Å². The highest BCUT2D eigenvalue weighted by atomic mass is 19.1. The van der Waals surface area contributed by atoms with Crippen molar-refractivity contribution < 1.29 is 23.0 Å². The molecular formula is C49H61F2N11O6. The number of H-pyrrole nitrogens is 1. The van der Waals surface area contributed by atoms with Gasteiger partial charge in [-0.25, -0.2) is 19.4 Å². The van der Waals surface area contributed by atoms with Crippen molar-refractivity contribution in [3.8, 4) is 17.3 Å². The summed E-state index contributed by atoms with van der Waals surface area (Å²) < 4.78 is 44.4. The highest BCUT2D eigenvalue weighted by molar-refractivity contribution is 5.92. The summed E-state index contributed by atoms with van der Waals surface area (Å²) in [5.41, 5.74) is 1.04. The van der Waals surface area contributed by atoms with E-state index in [4.69, 9.17) is 9.47 Å². The maximum Gasteiger partial charge on any atom is 0.410 e. The van der Waals surface area contributed by atoms with Gasteiger partial charge in [-0.3, -0.25) is 23.9 Å². The van der Waals surface area contributed by atoms with Crippen molar-refractivity contribution in [2.45, 2.75) is 125 Å². The third-order valence-electron chi connectivity index (χ3n) is 12.4. The Morgan fingerprint density at radius 3 is 1.82 bits per heavy atom. The van der Waals surface area contributed by atoms with Crippen molar-refractivity contribution in [3.63, 3.8) is 0 Å². The molecule has 2 aliphatic heterocycles. The van der Waals surface area contributed by atoms with Gasteiger partial charge >= 0.3 is 17.5 Å². The lowest BCUT2D eigenvalue weighted by Crippen LogP contribution is -2.55. The van der Waals surface area contributed by atoms with Gasteiger partial charge in [0.1, 0.15) is 28.3 Å². The molecule has 2 aliphatic rings. The molecule has 6 aromatic rings. The summed E-state index contributed by atoms with van der Waals surface area (Å²) in [6, 6.07) is 3.50. The molecule has 68 heavy (non-hydrogen) atoms. The van der Waals surface area contributed by atoms with Gasteiger partial charge in [-0.1, -0.05) is 27.7 Å². The number of piperazine rings is 1. The summed E-state index contributed by atoms with van der Waals surface area (Å²) in [7, 11) is 1.33. The van der Waals surface area contributed by atoms with Crippen LogP contribution in [0.25, 0.3) is 33.2 Å². The molecule has 0 radical (unpaired) electrons. The average Bonchev–Trinajstić information content (AvgIpc) is 3.27. The van der Waals surface area contributed by atoms with Crippen molar-refractivity contribution in [1.82, 2.24) is 43.9 Å². The van der Waals surface area contributed by atoms with Crippen LogP contribution in [-0.4, -0.2) is 101 Å². The van der Waals surface area contributed by atoms with E-state index in [-0.39, 0.29) is 40.8 Å². The van der Waals surface area contributed by atoms with E-state index in [0.717, 1.165) is 36.9 Å². The number of halogens is 2. The van der Waals surface area contributed by atoms with Gasteiger partial charge in [0.15, 0.2) is 0 Å². The van der Waals surface area contributed by atoms with Crippen LogP contribution in [0.1, 0.15) is 116 Å². The smallest absolute Gasteiger partial charge is 0.410 e. The average molecular weight is 938 g/mol. The van der Waals surface area contributed by atoms with E-state index in [2.05, 4.69) is 36.8 Å². The van der Waals surface area contributed by atoms with Crippen LogP contribution < -0.4 is 31.5 Å². The quantitative estimate of drug-likeness (QED) is 0.165. The fraction of sp³-hybridized carbons (Fsp3) is 0.490. The summed E-state index contributed by atoms with van der Waals surface area (Å²) in [4.78, 5) is 81.8. The zero-order valence-corrected chi connectivity index (χ0v) is 40.9. The van der Waals surface area contributed by atoms with Crippen LogP contribution in [0.2, 0.25) is 0 Å². The third-order valence-corrected chi connectivity index (χ3v) is 12.4. The van der Waals surface area contributed by atoms with E-state index < -0.39 is 40.3 Å². The molecule has 0 aromatic carbocycles. The molecule has 17 nitrogen and oxygen atoms in total. The van der Waals surface area contributed by atoms with E-state index >= 15 is 8.78 Å². The summed E-state index contributed by atoms with van der Waals surface area (Å²) in [6.07, 6.45) is 8.92. The number of aromatic nitrogens is 8. The van der Waals surface area contributed by atoms with Crippen LogP contribution >= 0.6 is 0 Å². The van der Waals surface area contributed by atoms with Gasteiger partial charge in [0.25, 0.3) is 11.4 Å². The number of aryl methyl sites for hydroxylation is 2. The number of amides is 1. The lowest BCUT2D eigenvalue weighted by Gasteiger charge is -2.41. The number of nitrogens with zero attached hydrogens (tertiary/aromatic N) is 10. The Morgan fingerprint density at radius 2 is 1.31 bits per heavy atom. The minimum absolute atomic E-state index is 0.00583. The molecule has 8 heterocycles. The SMILES string of the molecule is COc1ncc2c(N3CCN(C(=O)OC(C)(C)C)C[C@@H]3C)nc(=O)n(-c3c(C)ccnc3C(C)C)c2c1F.Cc1ccnc(C(C)C)c1-n1c(=O)nc(N2CCCC[C@@H]2C)c2c[nH]c(=O)c(F)c21. The first-order chi connectivity index (χ1) is 32.1. The lowest BCUT2D eigenvalue weighted by atomic mass is 10.0. The Kier molecular flexibility index (Phi) is 14.0. The summed E-state index contributed by atoms with van der Waals surface area (Å²) in [5.74, 6) is -1.29. The van der Waals surface area contributed by atoms with Crippen molar-refractivity contribution in [2.24, 2.45) is 0 Å². The van der Waals surface area contributed by atoms with E-state index in [0.29, 0.717) is 64.8 Å². The van der Waals surface area contributed by atoms with E-state index in [1.54, 1.807) is 29.4 Å². The number of methoxy groups -OCH3 is 1. The number of pyridine rings is 4. The van der Waals surface area contributed by atoms with Gasteiger partial charge in [0.05, 0.1) is 40.6 Å². The molecule has 2 fully saturated rings. The molecule has 2 saturated heterocycles. The minimum atomic E-state index is -0.990. The molecule has 0 aliphatic carbocycles. The molecule has 2 atom stereocenters. The predicted molar refractivity (Wildman–Crippen MR) is 258 cm³/mol. The number of rotatable bonds is 7. The molecule has 8 rings (SSSR count). The van der Waals surface area contributed by atoms with Crippen molar-refractivity contribution in [2.75, 3.05) is 43.1 Å². The monoisotopic (exact) mass is 937 g/mol. The standard InChI is InChI=1S/C27H35FN6O4.C22H26FN5O2/c1-15(2)20-21(16(3)9-10-29-20)34-22-18(13-30-24(37-8)19(22)28)23(31-25(34)35)33-12-11-32(14-17(33)4)26(36)38-27(5,6)7;1-12(2)17-18(13(3)8-9-24-17)28-19-15(11-25-21(29)16(19)23)20(26-22(28)30)27-10-6-5-7-14(27)4/h9-10,13,15,17H,11-12,14H2,1-8H3;8-9,11-12,14H,5-7,10H2,1-4H3,(H,25,29)/t17-;14-/m00/s1. The first-order valence-corrected chi connectivity index (χ1v) is 23.1. The molecule has 0 saturated carbocycles. The highest BCUT2D eigenvalue weighted by Gasteiger charge is 2.34. The van der Waals surface area contributed by atoms with Gasteiger partial charge in [-0.2, -0.15) is 18.7 Å². The van der Waals surface area contributed by atoms with Crippen LogP contribution in [0.5, 0.6) is 5.88 Å². The maximum absolute atomic E-state index is 15.9. The first-order valence-electron chi connectivity index (χ1n) is 23.1. The molecular weight excluding hydrogens is 877 g/mol. The minimum Gasteiger partial charge on any atom is -0.479 e. The summed E-state index contributed by atoms with van der Waals surface area (Å²) in [5, 5.41) is 0.775. The number of hydrogen-bond donors (Lipinski definition) is 1. The molecule has 1 amide bonds. The molecule has 1 N–H and O–H groups in total. The Bertz CT molecular complexity index is 3070. The second kappa shape index (κ2) is 19.4. The van der Waals surface area contributed by atoms with Crippen LogP contribution in [-0.2, 0) is 4.74 Å². The molecule has 362 valence electrons. The predicted octanol–water partition coefficient (Wildman–Crippen LogP) is 7.62. The van der Waals surface area contributed by atoms with E-state index in [1.165, 1.54) is 28.6 Å². The van der Waals surface area contributed by atoms with Gasteiger partial charge in [-0.05, 0) is 103 Å². The van der Waals surface area contributed by atoms with E-state index in [9.17, 15) is 19.2 Å². The Hall–Kier alpha value is -6.79. The number of piperidine rings is 1. The molecule has 0 bridgehead atoms. The topological polar surface area (TPSA) is 187 Å². The second-order valence-electron chi connectivity index (χ2n) is 19.2. The number of ether oxygens (including phenoxy) is 2. The number of nitrogens with one attached hydrogen (secondary N) is 1. The Labute approximate surface area is 393 Å². The molecule has 0 unspecified atom stereocenters. The Balaban J connectivity index is 0.000000207. The first kappa shape index (κ1) is 49.1. The highest BCUT2D eigenvalue weighted by Crippen LogP contribution is 2.35. The van der Waals surface area contributed by atoms with Crippen LogP contribution in [0.3, 0.4) is 0 Å². The maximum atomic E-state index is 15.9. The second-order valence-corrected chi connectivity index (χ2v) is 19.2. The number of anilines is 2. The number of carbonyl (C=O) groups is 1. The molecule has 19 heteroatoms.